The lowest BCUT2D eigenvalue weighted by Gasteiger charge is -2.06. The Morgan fingerprint density at radius 2 is 2.37 bits per heavy atom. The van der Waals surface area contributed by atoms with E-state index in [-0.39, 0.29) is 5.91 Å². The molecule has 0 aliphatic rings. The van der Waals surface area contributed by atoms with Crippen molar-refractivity contribution >= 4 is 16.9 Å². The van der Waals surface area contributed by atoms with Gasteiger partial charge in [-0.25, -0.2) is 4.98 Å². The van der Waals surface area contributed by atoms with Crippen molar-refractivity contribution in [1.82, 2.24) is 14.9 Å². The Hall–Kier alpha value is -2.10. The standard InChI is InChI=1S/C15H19N3O/c1-2-3-7-14(19)16-10-5-11-18-12-8-13-6-4-9-17-15(13)18/h2,4,6,8-9,12H,1,3,5,7,10-11H2,(H,16,19). The van der Waals surface area contributed by atoms with Gasteiger partial charge in [0.15, 0.2) is 0 Å². The molecule has 2 aromatic heterocycles. The lowest BCUT2D eigenvalue weighted by Crippen LogP contribution is -2.24. The molecule has 0 saturated heterocycles. The fraction of sp³-hybridized carbons (Fsp3) is 0.333. The minimum Gasteiger partial charge on any atom is -0.356 e. The van der Waals surface area contributed by atoms with Gasteiger partial charge in [0.25, 0.3) is 0 Å². The summed E-state index contributed by atoms with van der Waals surface area (Å²) >= 11 is 0. The van der Waals surface area contributed by atoms with E-state index in [9.17, 15) is 4.79 Å². The summed E-state index contributed by atoms with van der Waals surface area (Å²) in [6.45, 7) is 5.16. The van der Waals surface area contributed by atoms with Crippen LogP contribution in [0.15, 0.2) is 43.2 Å². The average molecular weight is 257 g/mol. The molecule has 1 N–H and O–H groups in total. The van der Waals surface area contributed by atoms with Crippen LogP contribution < -0.4 is 5.32 Å². The van der Waals surface area contributed by atoms with Crippen molar-refractivity contribution < 1.29 is 4.79 Å². The molecule has 0 aromatic carbocycles. The monoisotopic (exact) mass is 257 g/mol. The second kappa shape index (κ2) is 6.73. The van der Waals surface area contributed by atoms with Crippen LogP contribution in [0.25, 0.3) is 11.0 Å². The Kier molecular flexibility index (Phi) is 4.72. The van der Waals surface area contributed by atoms with Gasteiger partial charge in [0.1, 0.15) is 5.65 Å². The number of nitrogens with zero attached hydrogens (tertiary/aromatic N) is 2. The topological polar surface area (TPSA) is 46.9 Å². The molecule has 19 heavy (non-hydrogen) atoms. The van der Waals surface area contributed by atoms with Crippen LogP contribution in [0.4, 0.5) is 0 Å². The minimum absolute atomic E-state index is 0.0930. The van der Waals surface area contributed by atoms with Crippen LogP contribution >= 0.6 is 0 Å². The van der Waals surface area contributed by atoms with Gasteiger partial charge in [-0.05, 0) is 31.0 Å². The highest BCUT2D eigenvalue weighted by Crippen LogP contribution is 2.12. The Balaban J connectivity index is 1.77. The van der Waals surface area contributed by atoms with Crippen molar-refractivity contribution in [2.45, 2.75) is 25.8 Å². The van der Waals surface area contributed by atoms with E-state index in [2.05, 4.69) is 33.6 Å². The van der Waals surface area contributed by atoms with Crippen LogP contribution in [0.1, 0.15) is 19.3 Å². The first-order valence-corrected chi connectivity index (χ1v) is 6.58. The van der Waals surface area contributed by atoms with Crippen LogP contribution in [0.5, 0.6) is 0 Å². The molecular formula is C15H19N3O. The maximum atomic E-state index is 11.4. The largest absolute Gasteiger partial charge is 0.356 e. The first-order chi connectivity index (χ1) is 9.31. The number of carbonyl (C=O) groups excluding carboxylic acids is 1. The summed E-state index contributed by atoms with van der Waals surface area (Å²) in [5, 5.41) is 4.06. The van der Waals surface area contributed by atoms with Gasteiger partial charge in [-0.2, -0.15) is 0 Å². The molecule has 0 saturated carbocycles. The molecule has 4 heteroatoms. The highest BCUT2D eigenvalue weighted by Gasteiger charge is 2.02. The molecular weight excluding hydrogens is 238 g/mol. The molecule has 0 fully saturated rings. The van der Waals surface area contributed by atoms with Crippen LogP contribution in [0.2, 0.25) is 0 Å². The SMILES string of the molecule is C=CCCC(=O)NCCCn1ccc2cccnc21. The maximum absolute atomic E-state index is 11.4. The van der Waals surface area contributed by atoms with Gasteiger partial charge < -0.3 is 9.88 Å². The second-order valence-corrected chi connectivity index (χ2v) is 4.46. The van der Waals surface area contributed by atoms with Crippen molar-refractivity contribution in [2.75, 3.05) is 6.54 Å². The van der Waals surface area contributed by atoms with Gasteiger partial charge in [-0.1, -0.05) is 6.08 Å². The molecule has 2 heterocycles. The van der Waals surface area contributed by atoms with Crippen molar-refractivity contribution in [3.63, 3.8) is 0 Å². The zero-order chi connectivity index (χ0) is 13.5. The van der Waals surface area contributed by atoms with Crippen LogP contribution in [0, 0.1) is 0 Å². The number of nitrogens with one attached hydrogen (secondary N) is 1. The molecule has 1 amide bonds. The third kappa shape index (κ3) is 3.68. The normalized spacial score (nSPS) is 10.5. The van der Waals surface area contributed by atoms with Crippen molar-refractivity contribution in [2.24, 2.45) is 0 Å². The number of rotatable bonds is 7. The van der Waals surface area contributed by atoms with Crippen molar-refractivity contribution in [1.29, 1.82) is 0 Å². The summed E-state index contributed by atoms with van der Waals surface area (Å²) in [6.07, 6.45) is 7.76. The number of carbonyl (C=O) groups is 1. The first kappa shape index (κ1) is 13.3. The third-order valence-corrected chi connectivity index (χ3v) is 3.00. The van der Waals surface area contributed by atoms with Crippen LogP contribution in [-0.2, 0) is 11.3 Å². The molecule has 0 radical (unpaired) electrons. The molecule has 100 valence electrons. The van der Waals surface area contributed by atoms with Gasteiger partial charge >= 0.3 is 0 Å². The fourth-order valence-electron chi connectivity index (χ4n) is 2.00. The summed E-state index contributed by atoms with van der Waals surface area (Å²) < 4.78 is 2.12. The highest BCUT2D eigenvalue weighted by molar-refractivity contribution is 5.76. The smallest absolute Gasteiger partial charge is 0.220 e. The number of aromatic nitrogens is 2. The van der Waals surface area contributed by atoms with Gasteiger partial charge in [0.05, 0.1) is 0 Å². The summed E-state index contributed by atoms with van der Waals surface area (Å²) in [5.74, 6) is 0.0930. The third-order valence-electron chi connectivity index (χ3n) is 3.00. The van der Waals surface area contributed by atoms with Gasteiger partial charge in [-0.3, -0.25) is 4.79 Å². The van der Waals surface area contributed by atoms with E-state index in [0.29, 0.717) is 13.0 Å². The summed E-state index contributed by atoms with van der Waals surface area (Å²) in [6, 6.07) is 6.05. The average Bonchev–Trinajstić information content (AvgIpc) is 2.85. The molecule has 0 atom stereocenters. The number of pyridine rings is 1. The molecule has 0 aliphatic heterocycles. The van der Waals surface area contributed by atoms with Crippen LogP contribution in [-0.4, -0.2) is 22.0 Å². The lowest BCUT2D eigenvalue weighted by molar-refractivity contribution is -0.121. The van der Waals surface area contributed by atoms with Gasteiger partial charge in [0.2, 0.25) is 5.91 Å². The van der Waals surface area contributed by atoms with Crippen molar-refractivity contribution in [3.05, 3.63) is 43.2 Å². The quantitative estimate of drug-likeness (QED) is 0.612. The van der Waals surface area contributed by atoms with E-state index < -0.39 is 0 Å². The van der Waals surface area contributed by atoms with Gasteiger partial charge in [0, 0.05) is 37.3 Å². The molecule has 0 bridgehead atoms. The molecule has 2 aromatic rings. The number of allylic oxidation sites excluding steroid dienone is 1. The van der Waals surface area contributed by atoms with E-state index >= 15 is 0 Å². The van der Waals surface area contributed by atoms with E-state index in [1.807, 2.05) is 12.3 Å². The maximum Gasteiger partial charge on any atom is 0.220 e. The molecule has 2 rings (SSSR count). The zero-order valence-corrected chi connectivity index (χ0v) is 11.0. The summed E-state index contributed by atoms with van der Waals surface area (Å²) in [7, 11) is 0. The Morgan fingerprint density at radius 3 is 3.21 bits per heavy atom. The Morgan fingerprint density at radius 1 is 1.47 bits per heavy atom. The predicted molar refractivity (Wildman–Crippen MR) is 76.8 cm³/mol. The van der Waals surface area contributed by atoms with E-state index in [1.54, 1.807) is 12.3 Å². The number of fused-ring (bicyclic) bond motifs is 1. The van der Waals surface area contributed by atoms with E-state index in [4.69, 9.17) is 0 Å². The number of hydrogen-bond acceptors (Lipinski definition) is 2. The summed E-state index contributed by atoms with van der Waals surface area (Å²) in [4.78, 5) is 15.8. The highest BCUT2D eigenvalue weighted by atomic mass is 16.1. The molecule has 0 spiro atoms. The predicted octanol–water partition coefficient (Wildman–Crippen LogP) is 2.51. The summed E-state index contributed by atoms with van der Waals surface area (Å²) in [5.41, 5.74) is 1.00. The Labute approximate surface area is 113 Å². The second-order valence-electron chi connectivity index (χ2n) is 4.46. The van der Waals surface area contributed by atoms with Crippen molar-refractivity contribution in [3.8, 4) is 0 Å². The fourth-order valence-corrected chi connectivity index (χ4v) is 2.00. The zero-order valence-electron chi connectivity index (χ0n) is 11.0. The van der Waals surface area contributed by atoms with Gasteiger partial charge in [-0.15, -0.1) is 6.58 Å². The Bertz CT molecular complexity index is 559. The van der Waals surface area contributed by atoms with E-state index in [1.165, 1.54) is 0 Å². The number of amides is 1. The van der Waals surface area contributed by atoms with E-state index in [0.717, 1.165) is 30.4 Å². The minimum atomic E-state index is 0.0930. The van der Waals surface area contributed by atoms with Crippen LogP contribution in [0.3, 0.4) is 0 Å². The first-order valence-electron chi connectivity index (χ1n) is 6.58. The number of hydrogen-bond donors (Lipinski definition) is 1. The molecule has 0 aliphatic carbocycles. The molecule has 0 unspecified atom stereocenters. The molecule has 4 nitrogen and oxygen atoms in total. The lowest BCUT2D eigenvalue weighted by atomic mass is 10.3. The number of aryl methyl sites for hydroxylation is 1.